The van der Waals surface area contributed by atoms with Gasteiger partial charge in [0, 0.05) is 57.4 Å². The second kappa shape index (κ2) is 63.8. The first-order valence-electron chi connectivity index (χ1n) is 37.3. The molecule has 0 saturated heterocycles. The lowest BCUT2D eigenvalue weighted by molar-refractivity contribution is -0.149. The number of aliphatic hydroxyl groups is 1. The van der Waals surface area contributed by atoms with Gasteiger partial charge in [-0.25, -0.2) is 0 Å². The van der Waals surface area contributed by atoms with Crippen LogP contribution in [0.15, 0.2) is 24.3 Å². The number of hydrogen-bond acceptors (Lipinski definition) is 8. The summed E-state index contributed by atoms with van der Waals surface area (Å²) in [5.74, 6) is 0.584. The Morgan fingerprint density at radius 1 is 0.417 bits per heavy atom. The molecule has 0 radical (unpaired) electrons. The highest BCUT2D eigenvalue weighted by Crippen LogP contribution is 2.25. The Bertz CT molecular complexity index is 1410. The van der Waals surface area contributed by atoms with Crippen LogP contribution in [0.5, 0.6) is 0 Å². The van der Waals surface area contributed by atoms with Crippen molar-refractivity contribution in [3.05, 3.63) is 24.3 Å². The minimum Gasteiger partial charge on any atom is -0.465 e. The van der Waals surface area contributed by atoms with Crippen LogP contribution in [0, 0.1) is 11.8 Å². The van der Waals surface area contributed by atoms with Crippen LogP contribution >= 0.6 is 0 Å². The third-order valence-electron chi connectivity index (χ3n) is 18.2. The molecule has 0 aromatic rings. The van der Waals surface area contributed by atoms with E-state index in [9.17, 15) is 19.5 Å². The number of nitrogens with zero attached hydrogens (tertiary/aromatic N) is 2. The molecule has 1 fully saturated rings. The van der Waals surface area contributed by atoms with Gasteiger partial charge in [0.15, 0.2) is 0 Å². The summed E-state index contributed by atoms with van der Waals surface area (Å²) in [6.45, 7) is 15.3. The quantitative estimate of drug-likeness (QED) is 0.0352. The van der Waals surface area contributed by atoms with Crippen molar-refractivity contribution in [1.29, 1.82) is 0 Å². The predicted octanol–water partition coefficient (Wildman–Crippen LogP) is 20.9. The van der Waals surface area contributed by atoms with Crippen molar-refractivity contribution >= 4 is 17.8 Å². The summed E-state index contributed by atoms with van der Waals surface area (Å²) in [6, 6.07) is 0.598. The van der Waals surface area contributed by atoms with Gasteiger partial charge >= 0.3 is 11.9 Å². The lowest BCUT2D eigenvalue weighted by Gasteiger charge is -2.36. The molecule has 0 aromatic heterocycles. The van der Waals surface area contributed by atoms with Crippen LogP contribution in [0.2, 0.25) is 0 Å². The molecule has 1 aliphatic carbocycles. The molecule has 0 aromatic carbocycles. The Labute approximate surface area is 522 Å². The molecule has 494 valence electrons. The first-order valence-corrected chi connectivity index (χ1v) is 37.3. The molecule has 1 atom stereocenters. The zero-order valence-electron chi connectivity index (χ0n) is 56.6. The van der Waals surface area contributed by atoms with Crippen LogP contribution in [-0.2, 0) is 23.9 Å². The summed E-state index contributed by atoms with van der Waals surface area (Å²) in [4.78, 5) is 44.2. The minimum absolute atomic E-state index is 0.00233. The zero-order valence-corrected chi connectivity index (χ0v) is 56.6. The molecule has 9 heteroatoms. The van der Waals surface area contributed by atoms with E-state index < -0.39 is 0 Å². The second-order valence-electron chi connectivity index (χ2n) is 26.2. The topological polar surface area (TPSA) is 108 Å². The van der Waals surface area contributed by atoms with Gasteiger partial charge in [0.25, 0.3) is 0 Å². The first-order chi connectivity index (χ1) is 41.4. The third-order valence-corrected chi connectivity index (χ3v) is 18.2. The van der Waals surface area contributed by atoms with E-state index in [2.05, 4.69) is 67.1 Å². The van der Waals surface area contributed by atoms with Crippen molar-refractivity contribution in [3.8, 4) is 0 Å². The van der Waals surface area contributed by atoms with Crippen LogP contribution in [0.1, 0.15) is 362 Å². The summed E-state index contributed by atoms with van der Waals surface area (Å²) < 4.78 is 11.9. The Hall–Kier alpha value is -2.23. The number of aliphatic hydroxyl groups excluding tert-OH is 1. The molecule has 1 saturated carbocycles. The van der Waals surface area contributed by atoms with Gasteiger partial charge in [-0.3, -0.25) is 24.2 Å². The molecule has 0 aliphatic heterocycles. The summed E-state index contributed by atoms with van der Waals surface area (Å²) in [5, 5.41) is 13.4. The maximum Gasteiger partial charge on any atom is 0.305 e. The number of ether oxygens (including phenoxy) is 2. The second-order valence-corrected chi connectivity index (χ2v) is 26.2. The SMILES string of the molecule is CCCCCCCC/C=C\CCCCCCCC(=O)OCC(CCCCN(CCN(CCO)CCCCCC(=O)NCC(CCCCCC)CCCCCCCC)C1CCCCC1)COC(=O)CCCCCCC/C=C\CCCCCCCC. The van der Waals surface area contributed by atoms with E-state index in [1.807, 2.05) is 0 Å². The Morgan fingerprint density at radius 3 is 1.27 bits per heavy atom. The molecule has 1 rings (SSSR count). The minimum atomic E-state index is -0.121. The fraction of sp³-hybridized carbons (Fsp3) is 0.907. The molecule has 0 heterocycles. The highest BCUT2D eigenvalue weighted by molar-refractivity contribution is 5.75. The van der Waals surface area contributed by atoms with Gasteiger partial charge in [-0.1, -0.05) is 251 Å². The van der Waals surface area contributed by atoms with Crippen LogP contribution in [0.4, 0.5) is 0 Å². The predicted molar refractivity (Wildman–Crippen MR) is 362 cm³/mol. The number of esters is 2. The number of allylic oxidation sites excluding steroid dienone is 4. The number of carbonyl (C=O) groups excluding carboxylic acids is 3. The average Bonchev–Trinajstić information content (AvgIpc) is 3.55. The third kappa shape index (κ3) is 54.0. The van der Waals surface area contributed by atoms with Crippen LogP contribution in [0.25, 0.3) is 0 Å². The van der Waals surface area contributed by atoms with Crippen molar-refractivity contribution in [2.24, 2.45) is 11.8 Å². The Kier molecular flexibility index (Phi) is 60.6. The van der Waals surface area contributed by atoms with Gasteiger partial charge in [-0.2, -0.15) is 0 Å². The molecule has 1 aliphatic rings. The van der Waals surface area contributed by atoms with Crippen molar-refractivity contribution < 1.29 is 29.0 Å². The number of hydrogen-bond donors (Lipinski definition) is 2. The fourth-order valence-electron chi connectivity index (χ4n) is 12.4. The smallest absolute Gasteiger partial charge is 0.305 e. The summed E-state index contributed by atoms with van der Waals surface area (Å²) in [6.07, 6.45) is 71.0. The number of nitrogens with one attached hydrogen (secondary N) is 1. The van der Waals surface area contributed by atoms with Crippen LogP contribution < -0.4 is 5.32 Å². The van der Waals surface area contributed by atoms with Gasteiger partial charge < -0.3 is 19.9 Å². The lowest BCUT2D eigenvalue weighted by Crippen LogP contribution is -2.43. The molecule has 9 nitrogen and oxygen atoms in total. The highest BCUT2D eigenvalue weighted by Gasteiger charge is 2.23. The van der Waals surface area contributed by atoms with E-state index in [0.717, 1.165) is 123 Å². The normalized spacial score (nSPS) is 13.6. The van der Waals surface area contributed by atoms with Gasteiger partial charge in [-0.05, 0) is 135 Å². The van der Waals surface area contributed by atoms with E-state index in [0.29, 0.717) is 51.0 Å². The molecular formula is C75H143N3O6. The monoisotopic (exact) mass is 1180 g/mol. The van der Waals surface area contributed by atoms with Crippen molar-refractivity contribution in [2.45, 2.75) is 368 Å². The average molecular weight is 1180 g/mol. The van der Waals surface area contributed by atoms with E-state index in [1.165, 1.54) is 225 Å². The maximum absolute atomic E-state index is 13.0. The standard InChI is InChI=1S/C75H143N3O6/c1-5-9-13-17-20-22-24-26-28-30-32-34-36-39-48-59-74(81)83-68-71(69-84-75(82)60-49-40-37-35-33-31-29-27-25-23-21-18-14-10-6-2)55-50-52-62-78(72-56-45-41-46-57-72)64-63-77(65-66-79)61-51-42-47-58-73(80)76-67-70(53-43-16-12-8-4)54-44-38-19-15-11-7-3/h26-29,70-72,79H,5-25,30-69H2,1-4H3,(H,76,80)/b28-26-,29-27-. The molecule has 84 heavy (non-hydrogen) atoms. The molecule has 0 spiro atoms. The van der Waals surface area contributed by atoms with Crippen molar-refractivity contribution in [2.75, 3.05) is 59.1 Å². The first kappa shape index (κ1) is 79.8. The van der Waals surface area contributed by atoms with Gasteiger partial charge in [0.05, 0.1) is 19.8 Å². The molecule has 2 N–H and O–H groups in total. The van der Waals surface area contributed by atoms with E-state index in [-0.39, 0.29) is 30.4 Å². The van der Waals surface area contributed by atoms with E-state index >= 15 is 0 Å². The number of amides is 1. The van der Waals surface area contributed by atoms with Crippen LogP contribution in [0.3, 0.4) is 0 Å². The van der Waals surface area contributed by atoms with E-state index in [4.69, 9.17) is 9.47 Å². The highest BCUT2D eigenvalue weighted by atomic mass is 16.5. The van der Waals surface area contributed by atoms with Gasteiger partial charge in [0.1, 0.15) is 0 Å². The summed E-state index contributed by atoms with van der Waals surface area (Å²) in [5.41, 5.74) is 0. The zero-order chi connectivity index (χ0) is 60.7. The molecular weight excluding hydrogens is 1040 g/mol. The van der Waals surface area contributed by atoms with Crippen LogP contribution in [-0.4, -0.2) is 97.9 Å². The lowest BCUT2D eigenvalue weighted by atomic mass is 9.93. The van der Waals surface area contributed by atoms with Crippen molar-refractivity contribution in [3.63, 3.8) is 0 Å². The molecule has 1 amide bonds. The summed E-state index contributed by atoms with van der Waals surface area (Å²) in [7, 11) is 0. The van der Waals surface area contributed by atoms with E-state index in [1.54, 1.807) is 0 Å². The number of rotatable bonds is 65. The Balaban J connectivity index is 2.64. The summed E-state index contributed by atoms with van der Waals surface area (Å²) >= 11 is 0. The van der Waals surface area contributed by atoms with Crippen molar-refractivity contribution in [1.82, 2.24) is 15.1 Å². The Morgan fingerprint density at radius 2 is 0.798 bits per heavy atom. The molecule has 0 bridgehead atoms. The van der Waals surface area contributed by atoms with Gasteiger partial charge in [0.2, 0.25) is 5.91 Å². The largest absolute Gasteiger partial charge is 0.465 e. The fourth-order valence-corrected chi connectivity index (χ4v) is 12.4. The number of carbonyl (C=O) groups is 3. The maximum atomic E-state index is 13.0. The number of unbranched alkanes of at least 4 members (excludes halogenated alkanes) is 33. The van der Waals surface area contributed by atoms with Gasteiger partial charge in [-0.15, -0.1) is 0 Å². The molecule has 1 unspecified atom stereocenters.